The predicted molar refractivity (Wildman–Crippen MR) is 71.6 cm³/mol. The minimum absolute atomic E-state index is 0.780. The normalized spacial score (nSPS) is 11.3. The van der Waals surface area contributed by atoms with Crippen molar-refractivity contribution in [3.05, 3.63) is 53.6 Å². The van der Waals surface area contributed by atoms with Crippen molar-refractivity contribution in [2.45, 2.75) is 6.92 Å². The van der Waals surface area contributed by atoms with Crippen LogP contribution in [-0.4, -0.2) is 5.75 Å². The van der Waals surface area contributed by atoms with Gasteiger partial charge < -0.3 is 0 Å². The van der Waals surface area contributed by atoms with Crippen molar-refractivity contribution < 1.29 is 0 Å². The Bertz CT molecular complexity index is 498. The van der Waals surface area contributed by atoms with Crippen LogP contribution >= 0.6 is 12.6 Å². The molecule has 0 saturated heterocycles. The van der Waals surface area contributed by atoms with Gasteiger partial charge in [-0.1, -0.05) is 48.6 Å². The molecule has 76 valence electrons. The van der Waals surface area contributed by atoms with Crippen LogP contribution in [0.25, 0.3) is 16.8 Å². The molecule has 0 spiro atoms. The van der Waals surface area contributed by atoms with Gasteiger partial charge in [-0.2, -0.15) is 12.6 Å². The third-order valence-electron chi connectivity index (χ3n) is 2.58. The lowest BCUT2D eigenvalue weighted by atomic mass is 9.99. The number of hydrogen-bond acceptors (Lipinski definition) is 1. The summed E-state index contributed by atoms with van der Waals surface area (Å²) in [5.74, 6) is 0.780. The first-order chi connectivity index (χ1) is 7.33. The van der Waals surface area contributed by atoms with E-state index in [9.17, 15) is 0 Å². The molecule has 0 atom stereocenters. The van der Waals surface area contributed by atoms with Crippen molar-refractivity contribution in [1.29, 1.82) is 0 Å². The van der Waals surface area contributed by atoms with Crippen molar-refractivity contribution in [2.24, 2.45) is 0 Å². The third kappa shape index (κ3) is 2.07. The zero-order chi connectivity index (χ0) is 10.7. The average Bonchev–Trinajstić information content (AvgIpc) is 2.28. The van der Waals surface area contributed by atoms with Crippen LogP contribution < -0.4 is 0 Å². The maximum absolute atomic E-state index is 4.19. The standard InChI is InChI=1S/C14H14S/c1-11-8-9-12-5-2-3-6-14(12)13(11)7-4-10-15/h2-9,15H,10H2,1H3. The molecule has 1 heteroatoms. The molecule has 0 unspecified atom stereocenters. The van der Waals surface area contributed by atoms with Crippen LogP contribution in [0, 0.1) is 6.92 Å². The second-order valence-electron chi connectivity index (χ2n) is 3.60. The summed E-state index contributed by atoms with van der Waals surface area (Å²) in [6.45, 7) is 2.14. The molecule has 0 amide bonds. The Labute approximate surface area is 96.0 Å². The molecule has 2 aromatic carbocycles. The van der Waals surface area contributed by atoms with Crippen molar-refractivity contribution in [1.82, 2.24) is 0 Å². The molecule has 0 N–H and O–H groups in total. The van der Waals surface area contributed by atoms with Crippen LogP contribution in [-0.2, 0) is 0 Å². The summed E-state index contributed by atoms with van der Waals surface area (Å²) in [7, 11) is 0. The first-order valence-electron chi connectivity index (χ1n) is 5.08. The van der Waals surface area contributed by atoms with E-state index in [2.05, 4.69) is 68.1 Å². The van der Waals surface area contributed by atoms with E-state index < -0.39 is 0 Å². The molecule has 0 saturated carbocycles. The number of fused-ring (bicyclic) bond motifs is 1. The zero-order valence-electron chi connectivity index (χ0n) is 8.77. The number of thiol groups is 1. The van der Waals surface area contributed by atoms with Gasteiger partial charge in [-0.05, 0) is 28.8 Å². The summed E-state index contributed by atoms with van der Waals surface area (Å²) in [4.78, 5) is 0. The van der Waals surface area contributed by atoms with Crippen molar-refractivity contribution >= 4 is 29.5 Å². The quantitative estimate of drug-likeness (QED) is 0.715. The summed E-state index contributed by atoms with van der Waals surface area (Å²) in [6, 6.07) is 12.8. The highest BCUT2D eigenvalue weighted by molar-refractivity contribution is 7.80. The molecule has 0 nitrogen and oxygen atoms in total. The van der Waals surface area contributed by atoms with Crippen LogP contribution in [0.5, 0.6) is 0 Å². The van der Waals surface area contributed by atoms with E-state index in [0.29, 0.717) is 0 Å². The van der Waals surface area contributed by atoms with Gasteiger partial charge in [0.1, 0.15) is 0 Å². The molecule has 0 aromatic heterocycles. The van der Waals surface area contributed by atoms with Gasteiger partial charge in [0.25, 0.3) is 0 Å². The lowest BCUT2D eigenvalue weighted by Gasteiger charge is -2.05. The monoisotopic (exact) mass is 214 g/mol. The molecule has 0 heterocycles. The lowest BCUT2D eigenvalue weighted by Crippen LogP contribution is -1.83. The number of rotatable bonds is 2. The molecule has 2 aromatic rings. The van der Waals surface area contributed by atoms with Crippen LogP contribution in [0.1, 0.15) is 11.1 Å². The molecule has 0 radical (unpaired) electrons. The van der Waals surface area contributed by atoms with Gasteiger partial charge in [0.05, 0.1) is 0 Å². The number of aryl methyl sites for hydroxylation is 1. The summed E-state index contributed by atoms with van der Waals surface area (Å²) in [5, 5.41) is 2.61. The van der Waals surface area contributed by atoms with E-state index in [0.717, 1.165) is 5.75 Å². The van der Waals surface area contributed by atoms with Crippen molar-refractivity contribution in [3.63, 3.8) is 0 Å². The molecule has 0 fully saturated rings. The Morgan fingerprint density at radius 2 is 1.93 bits per heavy atom. The van der Waals surface area contributed by atoms with E-state index in [1.54, 1.807) is 0 Å². The first-order valence-corrected chi connectivity index (χ1v) is 5.72. The van der Waals surface area contributed by atoms with Crippen LogP contribution in [0.3, 0.4) is 0 Å². The largest absolute Gasteiger partial charge is 0.175 e. The van der Waals surface area contributed by atoms with Gasteiger partial charge in [-0.3, -0.25) is 0 Å². The number of hydrogen-bond donors (Lipinski definition) is 1. The van der Waals surface area contributed by atoms with Gasteiger partial charge in [-0.25, -0.2) is 0 Å². The highest BCUT2D eigenvalue weighted by Crippen LogP contribution is 2.23. The molecule has 15 heavy (non-hydrogen) atoms. The fourth-order valence-electron chi connectivity index (χ4n) is 1.80. The highest BCUT2D eigenvalue weighted by atomic mass is 32.1. The number of benzene rings is 2. The predicted octanol–water partition coefficient (Wildman–Crippen LogP) is 4.09. The minimum Gasteiger partial charge on any atom is -0.175 e. The van der Waals surface area contributed by atoms with Gasteiger partial charge >= 0.3 is 0 Å². The topological polar surface area (TPSA) is 0 Å². The van der Waals surface area contributed by atoms with E-state index in [1.807, 2.05) is 0 Å². The van der Waals surface area contributed by atoms with E-state index in [4.69, 9.17) is 0 Å². The second-order valence-corrected chi connectivity index (χ2v) is 3.97. The highest BCUT2D eigenvalue weighted by Gasteiger charge is 2.00. The smallest absolute Gasteiger partial charge is 0.00858 e. The maximum Gasteiger partial charge on any atom is 0.00858 e. The summed E-state index contributed by atoms with van der Waals surface area (Å²) >= 11 is 4.19. The third-order valence-corrected chi connectivity index (χ3v) is 2.79. The second kappa shape index (κ2) is 4.54. The minimum atomic E-state index is 0.780. The van der Waals surface area contributed by atoms with Gasteiger partial charge in [0.15, 0.2) is 0 Å². The van der Waals surface area contributed by atoms with Crippen molar-refractivity contribution in [2.75, 3.05) is 5.75 Å². The fourth-order valence-corrected chi connectivity index (χ4v) is 1.90. The van der Waals surface area contributed by atoms with Gasteiger partial charge in [0, 0.05) is 5.75 Å². The molecular weight excluding hydrogens is 200 g/mol. The molecule has 0 aliphatic rings. The van der Waals surface area contributed by atoms with Crippen molar-refractivity contribution in [3.8, 4) is 0 Å². The van der Waals surface area contributed by atoms with Crippen LogP contribution in [0.4, 0.5) is 0 Å². The van der Waals surface area contributed by atoms with Gasteiger partial charge in [-0.15, -0.1) is 0 Å². The maximum atomic E-state index is 4.19. The molecule has 0 aliphatic heterocycles. The Balaban J connectivity index is 2.68. The van der Waals surface area contributed by atoms with Gasteiger partial charge in [0.2, 0.25) is 0 Å². The molecular formula is C14H14S. The fraction of sp³-hybridized carbons (Fsp3) is 0.143. The van der Waals surface area contributed by atoms with E-state index in [1.165, 1.54) is 21.9 Å². The Morgan fingerprint density at radius 3 is 2.73 bits per heavy atom. The van der Waals surface area contributed by atoms with E-state index in [-0.39, 0.29) is 0 Å². The molecule has 0 bridgehead atoms. The zero-order valence-corrected chi connectivity index (χ0v) is 9.67. The molecule has 0 aliphatic carbocycles. The summed E-state index contributed by atoms with van der Waals surface area (Å²) < 4.78 is 0. The van der Waals surface area contributed by atoms with Crippen LogP contribution in [0.2, 0.25) is 0 Å². The van der Waals surface area contributed by atoms with E-state index >= 15 is 0 Å². The Kier molecular flexibility index (Phi) is 3.12. The average molecular weight is 214 g/mol. The molecule has 2 rings (SSSR count). The first kappa shape index (κ1) is 10.3. The SMILES string of the molecule is Cc1ccc2ccccc2c1C=CCS. The Hall–Kier alpha value is -1.21. The summed E-state index contributed by atoms with van der Waals surface area (Å²) in [5.41, 5.74) is 2.62. The van der Waals surface area contributed by atoms with Crippen LogP contribution in [0.15, 0.2) is 42.5 Å². The summed E-state index contributed by atoms with van der Waals surface area (Å²) in [6.07, 6.45) is 4.24. The Morgan fingerprint density at radius 1 is 1.13 bits per heavy atom. The lowest BCUT2D eigenvalue weighted by molar-refractivity contribution is 1.48.